The highest BCUT2D eigenvalue weighted by Gasteiger charge is 2.19. The van der Waals surface area contributed by atoms with Crippen molar-refractivity contribution >= 4 is 33.4 Å². The fourth-order valence-electron chi connectivity index (χ4n) is 2.74. The molecule has 0 aliphatic heterocycles. The summed E-state index contributed by atoms with van der Waals surface area (Å²) in [5.41, 5.74) is 2.94. The molecule has 10 heteroatoms. The molecule has 0 saturated carbocycles. The lowest BCUT2D eigenvalue weighted by Crippen LogP contribution is -2.23. The number of likely N-dealkylation sites (N-methyl/N-ethyl adjacent to an activating group) is 1. The first kappa shape index (κ1) is 23.9. The highest BCUT2D eigenvalue weighted by atomic mass is 32.2. The van der Waals surface area contributed by atoms with Crippen molar-refractivity contribution in [2.45, 2.75) is 11.8 Å². The fraction of sp³-hybridized carbons (Fsp3) is 0.238. The van der Waals surface area contributed by atoms with Crippen molar-refractivity contribution in [3.05, 3.63) is 59.2 Å². The number of ether oxygens (including phenoxy) is 1. The molecule has 0 radical (unpaired) electrons. The summed E-state index contributed by atoms with van der Waals surface area (Å²) in [5, 5.41) is 11.9. The van der Waals surface area contributed by atoms with Crippen LogP contribution < -0.4 is 15.5 Å². The SMILES string of the molecule is COc1ccc(S(=O)(=O)CNc2c(C)cc(/C=C/C(=O)N(C)C)cc2C(=O)NO)cc1. The number of rotatable bonds is 8. The molecule has 2 amide bonds. The highest BCUT2D eigenvalue weighted by molar-refractivity contribution is 7.91. The first-order valence-corrected chi connectivity index (χ1v) is 10.8. The van der Waals surface area contributed by atoms with Gasteiger partial charge in [-0.25, -0.2) is 13.9 Å². The molecule has 0 saturated heterocycles. The molecule has 0 aromatic heterocycles. The molecule has 3 N–H and O–H groups in total. The quantitative estimate of drug-likeness (QED) is 0.321. The topological polar surface area (TPSA) is 125 Å². The van der Waals surface area contributed by atoms with E-state index in [4.69, 9.17) is 9.94 Å². The van der Waals surface area contributed by atoms with Gasteiger partial charge in [-0.1, -0.05) is 0 Å². The zero-order valence-corrected chi connectivity index (χ0v) is 18.5. The summed E-state index contributed by atoms with van der Waals surface area (Å²) in [6, 6.07) is 9.08. The lowest BCUT2D eigenvalue weighted by Gasteiger charge is -2.15. The van der Waals surface area contributed by atoms with Gasteiger partial charge in [0.05, 0.1) is 23.3 Å². The number of aryl methyl sites for hydroxylation is 1. The number of sulfone groups is 1. The van der Waals surface area contributed by atoms with Gasteiger partial charge in [0.15, 0.2) is 9.84 Å². The number of carbonyl (C=O) groups excluding carboxylic acids is 2. The Kier molecular flexibility index (Phi) is 7.78. The monoisotopic (exact) mass is 447 g/mol. The Bertz CT molecular complexity index is 1090. The van der Waals surface area contributed by atoms with Crippen LogP contribution in [0.4, 0.5) is 5.69 Å². The molecule has 0 bridgehead atoms. The van der Waals surface area contributed by atoms with E-state index in [-0.39, 0.29) is 22.1 Å². The zero-order valence-electron chi connectivity index (χ0n) is 17.7. The van der Waals surface area contributed by atoms with Crippen LogP contribution in [-0.2, 0) is 14.6 Å². The van der Waals surface area contributed by atoms with Crippen molar-refractivity contribution in [2.75, 3.05) is 32.4 Å². The summed E-state index contributed by atoms with van der Waals surface area (Å²) in [6.07, 6.45) is 2.87. The van der Waals surface area contributed by atoms with Crippen LogP contribution in [-0.4, -0.2) is 57.4 Å². The molecule has 0 unspecified atom stereocenters. The van der Waals surface area contributed by atoms with Gasteiger partial charge in [-0.15, -0.1) is 0 Å². The van der Waals surface area contributed by atoms with Gasteiger partial charge in [0.25, 0.3) is 5.91 Å². The van der Waals surface area contributed by atoms with E-state index in [0.29, 0.717) is 16.9 Å². The molecule has 166 valence electrons. The molecular weight excluding hydrogens is 422 g/mol. The van der Waals surface area contributed by atoms with Crippen molar-refractivity contribution in [3.8, 4) is 5.75 Å². The third kappa shape index (κ3) is 6.06. The second kappa shape index (κ2) is 10.1. The van der Waals surface area contributed by atoms with E-state index in [1.807, 2.05) is 0 Å². The average Bonchev–Trinajstić information content (AvgIpc) is 2.75. The number of methoxy groups -OCH3 is 1. The Morgan fingerprint density at radius 1 is 1.16 bits per heavy atom. The maximum Gasteiger partial charge on any atom is 0.276 e. The minimum Gasteiger partial charge on any atom is -0.497 e. The molecule has 0 heterocycles. The third-order valence-corrected chi connectivity index (χ3v) is 5.94. The standard InChI is InChI=1S/C21H25N3O6S/c1-14-11-15(5-10-19(25)24(2)3)12-18(21(26)23-27)20(14)22-13-31(28,29)17-8-6-16(30-4)7-9-17/h5-12,22,27H,13H2,1-4H3,(H,23,26)/b10-5+. The van der Waals surface area contributed by atoms with Gasteiger partial charge >= 0.3 is 0 Å². The van der Waals surface area contributed by atoms with E-state index in [1.54, 1.807) is 44.7 Å². The van der Waals surface area contributed by atoms with Crippen LogP contribution in [0.25, 0.3) is 6.08 Å². The van der Waals surface area contributed by atoms with Crippen LogP contribution in [0.1, 0.15) is 21.5 Å². The third-order valence-electron chi connectivity index (χ3n) is 4.42. The number of carbonyl (C=O) groups is 2. The minimum atomic E-state index is -3.72. The Morgan fingerprint density at radius 3 is 2.35 bits per heavy atom. The van der Waals surface area contributed by atoms with Crippen LogP contribution in [0.3, 0.4) is 0 Å². The second-order valence-corrected chi connectivity index (χ2v) is 8.87. The number of hydrogen-bond donors (Lipinski definition) is 3. The summed E-state index contributed by atoms with van der Waals surface area (Å²) in [5.74, 6) is -0.999. The molecule has 2 aromatic rings. The Hall–Kier alpha value is -3.37. The normalized spacial score (nSPS) is 11.3. The van der Waals surface area contributed by atoms with E-state index < -0.39 is 21.6 Å². The van der Waals surface area contributed by atoms with E-state index in [0.717, 1.165) is 0 Å². The maximum atomic E-state index is 12.7. The molecule has 2 aromatic carbocycles. The van der Waals surface area contributed by atoms with Gasteiger partial charge in [0.1, 0.15) is 11.6 Å². The number of hydroxylamine groups is 1. The molecule has 0 aliphatic carbocycles. The van der Waals surface area contributed by atoms with Gasteiger partial charge in [0.2, 0.25) is 5.91 Å². The van der Waals surface area contributed by atoms with Gasteiger partial charge in [-0.2, -0.15) is 0 Å². The van der Waals surface area contributed by atoms with Crippen molar-refractivity contribution in [3.63, 3.8) is 0 Å². The number of nitrogens with one attached hydrogen (secondary N) is 2. The van der Waals surface area contributed by atoms with Crippen LogP contribution in [0.2, 0.25) is 0 Å². The number of anilines is 1. The van der Waals surface area contributed by atoms with Crippen LogP contribution in [0, 0.1) is 6.92 Å². The Labute approximate surface area is 181 Å². The number of nitrogens with zero attached hydrogens (tertiary/aromatic N) is 1. The zero-order chi connectivity index (χ0) is 23.2. The number of hydrogen-bond acceptors (Lipinski definition) is 7. The predicted octanol–water partition coefficient (Wildman–Crippen LogP) is 2.07. The largest absolute Gasteiger partial charge is 0.497 e. The van der Waals surface area contributed by atoms with Gasteiger partial charge in [0, 0.05) is 20.2 Å². The molecule has 0 atom stereocenters. The average molecular weight is 448 g/mol. The Morgan fingerprint density at radius 2 is 1.81 bits per heavy atom. The van der Waals surface area contributed by atoms with Crippen molar-refractivity contribution in [2.24, 2.45) is 0 Å². The highest BCUT2D eigenvalue weighted by Crippen LogP contribution is 2.25. The van der Waals surface area contributed by atoms with Crippen molar-refractivity contribution in [1.29, 1.82) is 0 Å². The predicted molar refractivity (Wildman–Crippen MR) is 117 cm³/mol. The van der Waals surface area contributed by atoms with Crippen LogP contribution >= 0.6 is 0 Å². The lowest BCUT2D eigenvalue weighted by molar-refractivity contribution is -0.123. The molecule has 0 fully saturated rings. The smallest absolute Gasteiger partial charge is 0.276 e. The molecule has 0 aliphatic rings. The molecule has 31 heavy (non-hydrogen) atoms. The lowest BCUT2D eigenvalue weighted by atomic mass is 10.0. The van der Waals surface area contributed by atoms with Crippen molar-refractivity contribution < 1.29 is 28.0 Å². The van der Waals surface area contributed by atoms with Gasteiger partial charge in [-0.05, 0) is 60.5 Å². The fourth-order valence-corrected chi connectivity index (χ4v) is 3.79. The number of benzene rings is 2. The van der Waals surface area contributed by atoms with Gasteiger partial charge < -0.3 is 15.0 Å². The molecule has 0 spiro atoms. The van der Waals surface area contributed by atoms with Gasteiger partial charge in [-0.3, -0.25) is 14.8 Å². The molecule has 9 nitrogen and oxygen atoms in total. The summed E-state index contributed by atoms with van der Waals surface area (Å²) in [4.78, 5) is 25.4. The van der Waals surface area contributed by atoms with Crippen LogP contribution in [0.15, 0.2) is 47.4 Å². The van der Waals surface area contributed by atoms with E-state index >= 15 is 0 Å². The van der Waals surface area contributed by atoms with Crippen molar-refractivity contribution in [1.82, 2.24) is 10.4 Å². The summed E-state index contributed by atoms with van der Waals surface area (Å²) >= 11 is 0. The summed E-state index contributed by atoms with van der Waals surface area (Å²) < 4.78 is 30.4. The minimum absolute atomic E-state index is 0.0318. The second-order valence-electron chi connectivity index (χ2n) is 6.88. The first-order valence-electron chi connectivity index (χ1n) is 9.18. The Balaban J connectivity index is 2.34. The molecular formula is C21H25N3O6S. The van der Waals surface area contributed by atoms with Crippen LogP contribution in [0.5, 0.6) is 5.75 Å². The van der Waals surface area contributed by atoms with E-state index in [2.05, 4.69) is 5.32 Å². The first-order chi connectivity index (χ1) is 14.6. The summed E-state index contributed by atoms with van der Waals surface area (Å²) in [6.45, 7) is 1.68. The maximum absolute atomic E-state index is 12.7. The van der Waals surface area contributed by atoms with E-state index in [9.17, 15) is 18.0 Å². The summed E-state index contributed by atoms with van der Waals surface area (Å²) in [7, 11) is 0.987. The number of amides is 2. The molecule has 2 rings (SSSR count). The van der Waals surface area contributed by atoms with E-state index in [1.165, 1.54) is 42.4 Å².